The summed E-state index contributed by atoms with van der Waals surface area (Å²) < 4.78 is 0. The van der Waals surface area contributed by atoms with Crippen molar-refractivity contribution in [2.45, 2.75) is 96.9 Å². The molecule has 0 aromatic rings. The van der Waals surface area contributed by atoms with Crippen LogP contribution in [0.3, 0.4) is 0 Å². The van der Waals surface area contributed by atoms with Gasteiger partial charge in [-0.25, -0.2) is 0 Å². The van der Waals surface area contributed by atoms with Gasteiger partial charge >= 0.3 is 0 Å². The molecule has 0 heterocycles. The van der Waals surface area contributed by atoms with Crippen molar-refractivity contribution in [1.82, 2.24) is 0 Å². The summed E-state index contributed by atoms with van der Waals surface area (Å²) in [5.74, 6) is 3.49. The third-order valence-corrected chi connectivity index (χ3v) is 9.22. The molecule has 0 bridgehead atoms. The van der Waals surface area contributed by atoms with Gasteiger partial charge < -0.3 is 5.73 Å². The van der Waals surface area contributed by atoms with E-state index in [1.54, 1.807) is 0 Å². The summed E-state index contributed by atoms with van der Waals surface area (Å²) >= 11 is 0. The third-order valence-electron chi connectivity index (χ3n) is 9.22. The van der Waals surface area contributed by atoms with Crippen LogP contribution in [-0.4, -0.2) is 5.54 Å². The number of hydrogen-bond acceptors (Lipinski definition) is 1. The first-order valence-electron chi connectivity index (χ1n) is 10.2. The van der Waals surface area contributed by atoms with Crippen LogP contribution in [0.4, 0.5) is 0 Å². The maximum atomic E-state index is 7.39. The highest BCUT2D eigenvalue weighted by Crippen LogP contribution is 2.68. The summed E-state index contributed by atoms with van der Waals surface area (Å²) in [5, 5.41) is 0. The van der Waals surface area contributed by atoms with Crippen LogP contribution in [0.15, 0.2) is 0 Å². The number of fused-ring (bicyclic) bond motifs is 5. The molecule has 4 rings (SSSR count). The molecule has 1 nitrogen and oxygen atoms in total. The van der Waals surface area contributed by atoms with Crippen molar-refractivity contribution in [3.05, 3.63) is 0 Å². The van der Waals surface area contributed by atoms with E-state index in [-0.39, 0.29) is 5.54 Å². The summed E-state index contributed by atoms with van der Waals surface area (Å²) in [6, 6.07) is 0. The Hall–Kier alpha value is -0.0400. The first-order chi connectivity index (χ1) is 10.4. The topological polar surface area (TPSA) is 26.0 Å². The molecule has 4 saturated carbocycles. The van der Waals surface area contributed by atoms with E-state index >= 15 is 0 Å². The van der Waals surface area contributed by atoms with Crippen LogP contribution >= 0.6 is 0 Å². The summed E-state index contributed by atoms with van der Waals surface area (Å²) in [5.41, 5.74) is 8.67. The Morgan fingerprint density at radius 1 is 0.909 bits per heavy atom. The lowest BCUT2D eigenvalue weighted by Gasteiger charge is -2.66. The molecule has 5 unspecified atom stereocenters. The first kappa shape index (κ1) is 15.5. The van der Waals surface area contributed by atoms with Crippen molar-refractivity contribution in [2.75, 3.05) is 0 Å². The average Bonchev–Trinajstić information content (AvgIpc) is 2.89. The van der Waals surface area contributed by atoms with Gasteiger partial charge in [0.05, 0.1) is 0 Å². The molecular weight excluding hydrogens is 266 g/mol. The highest BCUT2D eigenvalue weighted by atomic mass is 14.9. The van der Waals surface area contributed by atoms with Crippen LogP contribution in [0, 0.1) is 34.5 Å². The molecule has 0 amide bonds. The predicted molar refractivity (Wildman–Crippen MR) is 93.6 cm³/mol. The molecule has 0 saturated heterocycles. The molecule has 2 N–H and O–H groups in total. The van der Waals surface area contributed by atoms with Crippen molar-refractivity contribution in [2.24, 2.45) is 40.2 Å². The van der Waals surface area contributed by atoms with Crippen molar-refractivity contribution in [3.8, 4) is 0 Å². The summed E-state index contributed by atoms with van der Waals surface area (Å²) in [4.78, 5) is 0. The fourth-order valence-electron chi connectivity index (χ4n) is 8.28. The predicted octanol–water partition coefficient (Wildman–Crippen LogP) is 5.53. The molecule has 4 aliphatic rings. The Bertz CT molecular complexity index is 445. The molecule has 7 atom stereocenters. The van der Waals surface area contributed by atoms with Gasteiger partial charge in [0.15, 0.2) is 0 Å². The van der Waals surface area contributed by atoms with Crippen LogP contribution in [-0.2, 0) is 0 Å². The van der Waals surface area contributed by atoms with E-state index < -0.39 is 0 Å². The van der Waals surface area contributed by atoms with Crippen LogP contribution in [0.25, 0.3) is 0 Å². The van der Waals surface area contributed by atoms with E-state index in [0.29, 0.717) is 10.8 Å². The molecule has 4 fully saturated rings. The molecule has 0 aromatic heterocycles. The zero-order valence-corrected chi connectivity index (χ0v) is 15.2. The van der Waals surface area contributed by atoms with Gasteiger partial charge in [-0.1, -0.05) is 46.5 Å². The normalized spacial score (nSPS) is 57.8. The van der Waals surface area contributed by atoms with E-state index in [9.17, 15) is 0 Å². The molecule has 4 aliphatic carbocycles. The van der Waals surface area contributed by atoms with Gasteiger partial charge in [-0.05, 0) is 79.4 Å². The van der Waals surface area contributed by atoms with Crippen LogP contribution in [0.2, 0.25) is 0 Å². The smallest absolute Gasteiger partial charge is 0.0224 e. The Kier molecular flexibility index (Phi) is 3.50. The van der Waals surface area contributed by atoms with E-state index in [1.807, 2.05) is 0 Å². The molecule has 1 heteroatoms. The van der Waals surface area contributed by atoms with Gasteiger partial charge in [0.25, 0.3) is 0 Å². The van der Waals surface area contributed by atoms with E-state index in [0.717, 1.165) is 23.7 Å². The highest BCUT2D eigenvalue weighted by Gasteiger charge is 2.64. The molecule has 0 aliphatic heterocycles. The van der Waals surface area contributed by atoms with Crippen LogP contribution < -0.4 is 5.73 Å². The fraction of sp³-hybridized carbons (Fsp3) is 1.00. The largest absolute Gasteiger partial charge is 0.325 e. The van der Waals surface area contributed by atoms with Crippen molar-refractivity contribution < 1.29 is 0 Å². The van der Waals surface area contributed by atoms with E-state index in [4.69, 9.17) is 5.73 Å². The minimum absolute atomic E-state index is 0.159. The molecule has 22 heavy (non-hydrogen) atoms. The molecule has 126 valence electrons. The van der Waals surface area contributed by atoms with Crippen LogP contribution in [0.5, 0.6) is 0 Å². The third kappa shape index (κ3) is 1.87. The summed E-state index contributed by atoms with van der Waals surface area (Å²) in [6.07, 6.45) is 15.8. The Labute approximate surface area is 137 Å². The average molecular weight is 304 g/mol. The maximum Gasteiger partial charge on any atom is 0.0224 e. The van der Waals surface area contributed by atoms with Gasteiger partial charge in [0, 0.05) is 5.54 Å². The second-order valence-electron chi connectivity index (χ2n) is 10.0. The van der Waals surface area contributed by atoms with Gasteiger partial charge in [0.1, 0.15) is 0 Å². The SMILES string of the molecule is CC[C@H]1CC2(N)C3CCCC3(C)CC[C@@H]2C2(C)CCCCC12. The lowest BCUT2D eigenvalue weighted by atomic mass is 9.40. The molecule has 0 aromatic carbocycles. The number of rotatable bonds is 1. The van der Waals surface area contributed by atoms with Crippen LogP contribution in [0.1, 0.15) is 91.4 Å². The summed E-state index contributed by atoms with van der Waals surface area (Å²) in [6.45, 7) is 7.66. The standard InChI is InChI=1S/C21H37N/c1-4-15-14-21(22)17-9-7-11-19(17,2)13-10-18(21)20(3)12-6-5-8-16(15)20/h15-18H,4-14,22H2,1-3H3/t15-,16?,17?,18+,19?,20?,21?/m0/s1. The second-order valence-corrected chi connectivity index (χ2v) is 10.0. The van der Waals surface area contributed by atoms with E-state index in [1.165, 1.54) is 70.6 Å². The Balaban J connectivity index is 1.76. The number of nitrogens with two attached hydrogens (primary N) is 1. The van der Waals surface area contributed by atoms with Crippen molar-refractivity contribution in [3.63, 3.8) is 0 Å². The lowest BCUT2D eigenvalue weighted by molar-refractivity contribution is -0.143. The zero-order chi connectivity index (χ0) is 15.6. The Morgan fingerprint density at radius 2 is 1.73 bits per heavy atom. The molecular formula is C21H37N. The first-order valence-corrected chi connectivity index (χ1v) is 10.2. The highest BCUT2D eigenvalue weighted by molar-refractivity contribution is 5.17. The second kappa shape index (κ2) is 4.98. The van der Waals surface area contributed by atoms with Gasteiger partial charge in [-0.2, -0.15) is 0 Å². The monoisotopic (exact) mass is 303 g/mol. The number of hydrogen-bond donors (Lipinski definition) is 1. The van der Waals surface area contributed by atoms with Gasteiger partial charge in [0.2, 0.25) is 0 Å². The van der Waals surface area contributed by atoms with E-state index in [2.05, 4.69) is 20.8 Å². The maximum absolute atomic E-state index is 7.39. The van der Waals surface area contributed by atoms with Gasteiger partial charge in [-0.3, -0.25) is 0 Å². The quantitative estimate of drug-likeness (QED) is 0.677. The minimum Gasteiger partial charge on any atom is -0.325 e. The Morgan fingerprint density at radius 3 is 2.50 bits per heavy atom. The van der Waals surface area contributed by atoms with Crippen molar-refractivity contribution in [1.29, 1.82) is 0 Å². The zero-order valence-electron chi connectivity index (χ0n) is 15.2. The minimum atomic E-state index is 0.159. The fourth-order valence-corrected chi connectivity index (χ4v) is 8.28. The lowest BCUT2D eigenvalue weighted by Crippen LogP contribution is -2.69. The van der Waals surface area contributed by atoms with Gasteiger partial charge in [-0.15, -0.1) is 0 Å². The van der Waals surface area contributed by atoms with Crippen molar-refractivity contribution >= 4 is 0 Å². The molecule has 0 spiro atoms. The summed E-state index contributed by atoms with van der Waals surface area (Å²) in [7, 11) is 0. The molecule has 0 radical (unpaired) electrons.